The molecule has 1 aromatic carbocycles. The number of nitrogens with zero attached hydrogens (tertiary/aromatic N) is 3. The molecule has 1 aliphatic rings. The number of carbonyl (C=O) groups excluding carboxylic acids is 1. The van der Waals surface area contributed by atoms with Crippen molar-refractivity contribution in [2.75, 3.05) is 0 Å². The number of fused-ring (bicyclic) bond motifs is 1. The van der Waals surface area contributed by atoms with Gasteiger partial charge in [0.25, 0.3) is 0 Å². The Morgan fingerprint density at radius 1 is 1.27 bits per heavy atom. The van der Waals surface area contributed by atoms with E-state index in [-0.39, 0.29) is 22.7 Å². The van der Waals surface area contributed by atoms with Crippen molar-refractivity contribution in [3.05, 3.63) is 35.2 Å². The van der Waals surface area contributed by atoms with Gasteiger partial charge in [0.2, 0.25) is 5.13 Å². The van der Waals surface area contributed by atoms with Crippen LogP contribution in [0.5, 0.6) is 0 Å². The largest absolute Gasteiger partial charge is 0.510 e. The smallest absolute Gasteiger partial charge is 0.231 e. The van der Waals surface area contributed by atoms with Crippen molar-refractivity contribution < 1.29 is 9.90 Å². The highest BCUT2D eigenvalue weighted by atomic mass is 32.1. The van der Waals surface area contributed by atoms with Crippen LogP contribution in [0.2, 0.25) is 0 Å². The lowest BCUT2D eigenvalue weighted by Crippen LogP contribution is -2.25. The summed E-state index contributed by atoms with van der Waals surface area (Å²) in [5, 5.41) is 18.5. The van der Waals surface area contributed by atoms with Gasteiger partial charge in [0.15, 0.2) is 11.5 Å². The normalized spacial score (nSPS) is 18.6. The van der Waals surface area contributed by atoms with Gasteiger partial charge < -0.3 is 5.11 Å². The van der Waals surface area contributed by atoms with Gasteiger partial charge in [0.05, 0.1) is 10.2 Å². The zero-order chi connectivity index (χ0) is 15.9. The van der Waals surface area contributed by atoms with Crippen molar-refractivity contribution in [2.45, 2.75) is 33.6 Å². The number of aromatic nitrogens is 1. The van der Waals surface area contributed by atoms with Gasteiger partial charge in [-0.25, -0.2) is 4.98 Å². The van der Waals surface area contributed by atoms with Crippen molar-refractivity contribution in [3.8, 4) is 0 Å². The fourth-order valence-corrected chi connectivity index (χ4v) is 3.43. The number of benzene rings is 1. The maximum absolute atomic E-state index is 12.1. The van der Waals surface area contributed by atoms with E-state index in [9.17, 15) is 9.90 Å². The van der Waals surface area contributed by atoms with Crippen molar-refractivity contribution >= 4 is 32.5 Å². The van der Waals surface area contributed by atoms with Gasteiger partial charge in [0.1, 0.15) is 5.76 Å². The Morgan fingerprint density at radius 2 is 2.05 bits per heavy atom. The molecule has 2 aromatic rings. The summed E-state index contributed by atoms with van der Waals surface area (Å²) in [6.45, 7) is 5.92. The third-order valence-electron chi connectivity index (χ3n) is 3.59. The Kier molecular flexibility index (Phi) is 3.56. The van der Waals surface area contributed by atoms with E-state index in [2.05, 4.69) is 15.2 Å². The minimum Gasteiger partial charge on any atom is -0.510 e. The van der Waals surface area contributed by atoms with Crippen LogP contribution in [0.1, 0.15) is 32.3 Å². The number of rotatable bonds is 2. The fraction of sp³-hybridized carbons (Fsp3) is 0.375. The van der Waals surface area contributed by atoms with E-state index in [1.54, 1.807) is 0 Å². The number of aliphatic hydroxyl groups excluding tert-OH is 1. The molecule has 0 atom stereocenters. The van der Waals surface area contributed by atoms with Gasteiger partial charge in [0, 0.05) is 12.8 Å². The standard InChI is InChI=1S/C16H17N3O2S/c1-9-4-5-10-13(6-9)22-15(17-10)19-18-14-11(20)7-16(2,3)8-12(14)21/h4-6,20H,7-8H2,1-3H3. The van der Waals surface area contributed by atoms with Crippen molar-refractivity contribution in [1.82, 2.24) is 4.98 Å². The lowest BCUT2D eigenvalue weighted by molar-refractivity contribution is -0.118. The van der Waals surface area contributed by atoms with Crippen LogP contribution in [0.25, 0.3) is 10.2 Å². The summed E-state index contributed by atoms with van der Waals surface area (Å²) < 4.78 is 1.03. The Labute approximate surface area is 132 Å². The summed E-state index contributed by atoms with van der Waals surface area (Å²) in [4.78, 5) is 16.4. The second-order valence-corrected chi connectivity index (χ2v) is 7.41. The fourth-order valence-electron chi connectivity index (χ4n) is 2.55. The molecule has 114 valence electrons. The molecule has 1 heterocycles. The van der Waals surface area contributed by atoms with E-state index in [0.717, 1.165) is 15.8 Å². The summed E-state index contributed by atoms with van der Waals surface area (Å²) in [5.41, 5.74) is 1.85. The molecular formula is C16H17N3O2S. The number of Topliss-reactive ketones (excluding diaryl/α,β-unsaturated/α-hetero) is 1. The highest BCUT2D eigenvalue weighted by Crippen LogP contribution is 2.37. The highest BCUT2D eigenvalue weighted by Gasteiger charge is 2.33. The Bertz CT molecular complexity index is 818. The summed E-state index contributed by atoms with van der Waals surface area (Å²) in [6.07, 6.45) is 0.802. The number of aliphatic hydroxyl groups is 1. The second kappa shape index (κ2) is 5.28. The topological polar surface area (TPSA) is 74.9 Å². The van der Waals surface area contributed by atoms with Crippen molar-refractivity contribution in [2.24, 2.45) is 15.6 Å². The zero-order valence-electron chi connectivity index (χ0n) is 12.8. The van der Waals surface area contributed by atoms with Crippen LogP contribution in [0.15, 0.2) is 39.9 Å². The third-order valence-corrected chi connectivity index (χ3v) is 4.49. The van der Waals surface area contributed by atoms with E-state index >= 15 is 0 Å². The molecule has 0 radical (unpaired) electrons. The first-order valence-electron chi connectivity index (χ1n) is 7.08. The van der Waals surface area contributed by atoms with Gasteiger partial charge >= 0.3 is 0 Å². The van der Waals surface area contributed by atoms with Crippen LogP contribution in [-0.2, 0) is 4.79 Å². The van der Waals surface area contributed by atoms with Gasteiger partial charge in [-0.2, -0.15) is 0 Å². The number of azo groups is 1. The van der Waals surface area contributed by atoms with Gasteiger partial charge in [-0.3, -0.25) is 4.79 Å². The van der Waals surface area contributed by atoms with Gasteiger partial charge in [-0.15, -0.1) is 10.2 Å². The van der Waals surface area contributed by atoms with E-state index in [1.807, 2.05) is 39.0 Å². The SMILES string of the molecule is Cc1ccc2nc(N=NC3=C(O)CC(C)(C)CC3=O)sc2c1. The molecule has 0 saturated heterocycles. The van der Waals surface area contributed by atoms with Crippen molar-refractivity contribution in [1.29, 1.82) is 0 Å². The molecule has 1 aromatic heterocycles. The highest BCUT2D eigenvalue weighted by molar-refractivity contribution is 7.21. The maximum Gasteiger partial charge on any atom is 0.231 e. The average Bonchev–Trinajstić information content (AvgIpc) is 2.78. The third kappa shape index (κ3) is 2.92. The summed E-state index contributed by atoms with van der Waals surface area (Å²) in [7, 11) is 0. The zero-order valence-corrected chi connectivity index (χ0v) is 13.6. The Balaban J connectivity index is 1.90. The molecule has 0 fully saturated rings. The Hall–Kier alpha value is -2.08. The van der Waals surface area contributed by atoms with E-state index < -0.39 is 0 Å². The van der Waals surface area contributed by atoms with Gasteiger partial charge in [-0.05, 0) is 30.0 Å². The molecule has 22 heavy (non-hydrogen) atoms. The monoisotopic (exact) mass is 315 g/mol. The first-order valence-corrected chi connectivity index (χ1v) is 7.90. The number of thiazole rings is 1. The van der Waals surface area contributed by atoms with Crippen LogP contribution in [-0.4, -0.2) is 15.9 Å². The lowest BCUT2D eigenvalue weighted by atomic mass is 9.78. The molecule has 0 bridgehead atoms. The summed E-state index contributed by atoms with van der Waals surface area (Å²) >= 11 is 1.42. The molecule has 0 saturated carbocycles. The predicted molar refractivity (Wildman–Crippen MR) is 86.5 cm³/mol. The minimum atomic E-state index is -0.229. The lowest BCUT2D eigenvalue weighted by Gasteiger charge is -2.27. The number of aryl methyl sites for hydroxylation is 1. The van der Waals surface area contributed by atoms with Crippen LogP contribution in [0, 0.1) is 12.3 Å². The number of carbonyl (C=O) groups is 1. The first-order chi connectivity index (χ1) is 10.3. The van der Waals surface area contributed by atoms with E-state index in [1.165, 1.54) is 11.3 Å². The number of hydrogen-bond donors (Lipinski definition) is 1. The summed E-state index contributed by atoms with van der Waals surface area (Å²) in [5.74, 6) is -0.156. The molecule has 3 rings (SSSR count). The van der Waals surface area contributed by atoms with Crippen LogP contribution in [0.3, 0.4) is 0 Å². The quantitative estimate of drug-likeness (QED) is 0.805. The van der Waals surface area contributed by atoms with Crippen LogP contribution in [0.4, 0.5) is 5.13 Å². The molecule has 5 nitrogen and oxygen atoms in total. The maximum atomic E-state index is 12.1. The van der Waals surface area contributed by atoms with Crippen LogP contribution >= 0.6 is 11.3 Å². The van der Waals surface area contributed by atoms with Crippen LogP contribution < -0.4 is 0 Å². The number of hydrogen-bond acceptors (Lipinski definition) is 6. The van der Waals surface area contributed by atoms with E-state index in [4.69, 9.17) is 0 Å². The van der Waals surface area contributed by atoms with E-state index in [0.29, 0.717) is 18.0 Å². The molecule has 1 aliphatic carbocycles. The second-order valence-electron chi connectivity index (χ2n) is 6.40. The number of allylic oxidation sites excluding steroid dienone is 2. The molecule has 6 heteroatoms. The molecule has 0 unspecified atom stereocenters. The van der Waals surface area contributed by atoms with Gasteiger partial charge in [-0.1, -0.05) is 31.3 Å². The molecular weight excluding hydrogens is 298 g/mol. The molecule has 0 aliphatic heterocycles. The predicted octanol–water partition coefficient (Wildman–Crippen LogP) is 4.85. The Morgan fingerprint density at radius 3 is 2.77 bits per heavy atom. The number of ketones is 1. The summed E-state index contributed by atoms with van der Waals surface area (Å²) in [6, 6.07) is 5.96. The minimum absolute atomic E-state index is 0.0157. The molecule has 1 N–H and O–H groups in total. The molecule has 0 amide bonds. The average molecular weight is 315 g/mol. The van der Waals surface area contributed by atoms with Crippen molar-refractivity contribution in [3.63, 3.8) is 0 Å². The molecule has 0 spiro atoms. The first kappa shape index (κ1) is 14.8.